The third-order valence-corrected chi connectivity index (χ3v) is 5.30. The van der Waals surface area contributed by atoms with Crippen LogP contribution < -0.4 is 0 Å². The molecule has 2 unspecified atom stereocenters. The summed E-state index contributed by atoms with van der Waals surface area (Å²) in [7, 11) is 0. The molecule has 2 atom stereocenters. The average molecular weight is 404 g/mol. The molecule has 2 aromatic carbocycles. The number of hydrogen-bond acceptors (Lipinski definition) is 4. The summed E-state index contributed by atoms with van der Waals surface area (Å²) in [6, 6.07) is 8.74. The summed E-state index contributed by atoms with van der Waals surface area (Å²) in [6.07, 6.45) is -2.94. The maximum absolute atomic E-state index is 14.1. The van der Waals surface area contributed by atoms with E-state index in [1.165, 1.54) is 42.1 Å². The molecule has 1 heterocycles. The number of halogens is 3. The van der Waals surface area contributed by atoms with E-state index in [4.69, 9.17) is 5.11 Å². The SMILES string of the molecule is CC(O)c1cc(-c2cnn(CCO)c2)cc2c1-c1ccccc1C2(O)C(F)(F)F. The lowest BCUT2D eigenvalue weighted by Gasteiger charge is -2.29. The predicted molar refractivity (Wildman–Crippen MR) is 99.9 cm³/mol. The van der Waals surface area contributed by atoms with E-state index in [9.17, 15) is 23.4 Å². The van der Waals surface area contributed by atoms with Crippen molar-refractivity contribution in [1.29, 1.82) is 0 Å². The summed E-state index contributed by atoms with van der Waals surface area (Å²) in [5, 5.41) is 34.4. The molecule has 1 aliphatic carbocycles. The molecule has 29 heavy (non-hydrogen) atoms. The van der Waals surface area contributed by atoms with Crippen molar-refractivity contribution in [2.75, 3.05) is 6.61 Å². The van der Waals surface area contributed by atoms with E-state index in [1.807, 2.05) is 0 Å². The second kappa shape index (κ2) is 6.69. The zero-order valence-corrected chi connectivity index (χ0v) is 15.5. The van der Waals surface area contributed by atoms with Crippen LogP contribution in [0.3, 0.4) is 0 Å². The van der Waals surface area contributed by atoms with Crippen LogP contribution in [0.15, 0.2) is 48.8 Å². The predicted octanol–water partition coefficient (Wildman–Crippen LogP) is 3.37. The highest BCUT2D eigenvalue weighted by atomic mass is 19.4. The lowest BCUT2D eigenvalue weighted by Crippen LogP contribution is -2.41. The number of aliphatic hydroxyl groups is 3. The first kappa shape index (κ1) is 19.6. The van der Waals surface area contributed by atoms with Crippen molar-refractivity contribution in [2.24, 2.45) is 0 Å². The molecule has 5 nitrogen and oxygen atoms in total. The van der Waals surface area contributed by atoms with Crippen LogP contribution in [-0.2, 0) is 12.1 Å². The van der Waals surface area contributed by atoms with Crippen LogP contribution in [0.2, 0.25) is 0 Å². The lowest BCUT2D eigenvalue weighted by atomic mass is 9.87. The Morgan fingerprint density at radius 2 is 1.86 bits per heavy atom. The first-order chi connectivity index (χ1) is 13.7. The van der Waals surface area contributed by atoms with E-state index >= 15 is 0 Å². The number of aliphatic hydroxyl groups excluding tert-OH is 2. The molecule has 0 saturated carbocycles. The van der Waals surface area contributed by atoms with Crippen molar-refractivity contribution >= 4 is 0 Å². The molecule has 152 valence electrons. The molecule has 0 radical (unpaired) electrons. The third kappa shape index (κ3) is 2.87. The molecule has 3 aromatic rings. The molecule has 0 bridgehead atoms. The van der Waals surface area contributed by atoms with Crippen LogP contribution >= 0.6 is 0 Å². The number of aromatic nitrogens is 2. The average Bonchev–Trinajstić information content (AvgIpc) is 3.24. The summed E-state index contributed by atoms with van der Waals surface area (Å²) in [4.78, 5) is 0. The van der Waals surface area contributed by atoms with E-state index in [2.05, 4.69) is 5.10 Å². The molecule has 0 aliphatic heterocycles. The van der Waals surface area contributed by atoms with E-state index in [0.717, 1.165) is 0 Å². The van der Waals surface area contributed by atoms with Gasteiger partial charge in [0.15, 0.2) is 0 Å². The normalized spacial score (nSPS) is 19.1. The van der Waals surface area contributed by atoms with Crippen molar-refractivity contribution < 1.29 is 28.5 Å². The largest absolute Gasteiger partial charge is 0.425 e. The van der Waals surface area contributed by atoms with Gasteiger partial charge in [0.05, 0.1) is 25.5 Å². The molecule has 0 saturated heterocycles. The lowest BCUT2D eigenvalue weighted by molar-refractivity contribution is -0.246. The van der Waals surface area contributed by atoms with Gasteiger partial charge in [-0.1, -0.05) is 24.3 Å². The number of nitrogens with zero attached hydrogens (tertiary/aromatic N) is 2. The number of hydrogen-bond donors (Lipinski definition) is 3. The molecule has 4 rings (SSSR count). The molecular formula is C21H19F3N2O3. The first-order valence-electron chi connectivity index (χ1n) is 9.07. The quantitative estimate of drug-likeness (QED) is 0.623. The third-order valence-electron chi connectivity index (χ3n) is 5.30. The first-order valence-corrected chi connectivity index (χ1v) is 9.07. The number of fused-ring (bicyclic) bond motifs is 3. The highest BCUT2D eigenvalue weighted by Gasteiger charge is 2.61. The van der Waals surface area contributed by atoms with Gasteiger partial charge in [-0.15, -0.1) is 0 Å². The van der Waals surface area contributed by atoms with Gasteiger partial charge in [-0.05, 0) is 41.3 Å². The summed E-state index contributed by atoms with van der Waals surface area (Å²) < 4.78 is 43.8. The van der Waals surface area contributed by atoms with Crippen molar-refractivity contribution in [1.82, 2.24) is 9.78 Å². The van der Waals surface area contributed by atoms with Crippen LogP contribution in [0.5, 0.6) is 0 Å². The Morgan fingerprint density at radius 3 is 2.52 bits per heavy atom. The Hall–Kier alpha value is -2.68. The minimum Gasteiger partial charge on any atom is -0.394 e. The number of alkyl halides is 3. The van der Waals surface area contributed by atoms with Gasteiger partial charge in [0.2, 0.25) is 5.60 Å². The van der Waals surface area contributed by atoms with Crippen LogP contribution in [0.25, 0.3) is 22.3 Å². The molecule has 0 spiro atoms. The number of rotatable bonds is 4. The molecule has 1 aromatic heterocycles. The minimum absolute atomic E-state index is 0.132. The molecule has 0 amide bonds. The van der Waals surface area contributed by atoms with Crippen molar-refractivity contribution in [3.05, 3.63) is 65.5 Å². The highest BCUT2D eigenvalue weighted by molar-refractivity contribution is 5.86. The topological polar surface area (TPSA) is 78.5 Å². The summed E-state index contributed by atoms with van der Waals surface area (Å²) in [6.45, 7) is 1.58. The zero-order valence-electron chi connectivity index (χ0n) is 15.5. The second-order valence-electron chi connectivity index (χ2n) is 7.13. The zero-order chi connectivity index (χ0) is 21.0. The van der Waals surface area contributed by atoms with Gasteiger partial charge in [-0.2, -0.15) is 18.3 Å². The fraction of sp³-hybridized carbons (Fsp3) is 0.286. The summed E-state index contributed by atoms with van der Waals surface area (Å²) in [5.41, 5.74) is -2.10. The van der Waals surface area contributed by atoms with Gasteiger partial charge >= 0.3 is 6.18 Å². The van der Waals surface area contributed by atoms with Gasteiger partial charge in [-0.25, -0.2) is 0 Å². The summed E-state index contributed by atoms with van der Waals surface area (Å²) in [5.74, 6) is 0. The van der Waals surface area contributed by atoms with Crippen LogP contribution in [0.4, 0.5) is 13.2 Å². The van der Waals surface area contributed by atoms with Crippen molar-refractivity contribution in [3.63, 3.8) is 0 Å². The van der Waals surface area contributed by atoms with Crippen molar-refractivity contribution in [2.45, 2.75) is 31.3 Å². The second-order valence-corrected chi connectivity index (χ2v) is 7.13. The molecule has 3 N–H and O–H groups in total. The molecule has 0 fully saturated rings. The standard InChI is InChI=1S/C21H19F3N2O3/c1-12(28)16-8-13(14-10-25-26(11-14)6-7-27)9-18-19(16)15-4-2-3-5-17(15)20(18,29)21(22,23)24/h2-5,8-12,27-29H,6-7H2,1H3. The summed E-state index contributed by atoms with van der Waals surface area (Å²) >= 11 is 0. The Balaban J connectivity index is 2.02. The minimum atomic E-state index is -4.95. The highest BCUT2D eigenvalue weighted by Crippen LogP contribution is 2.57. The Kier molecular flexibility index (Phi) is 4.53. The maximum Gasteiger partial charge on any atom is 0.425 e. The maximum atomic E-state index is 14.1. The van der Waals surface area contributed by atoms with E-state index < -0.39 is 17.9 Å². The van der Waals surface area contributed by atoms with E-state index in [-0.39, 0.29) is 35.4 Å². The molecule has 1 aliphatic rings. The van der Waals surface area contributed by atoms with E-state index in [0.29, 0.717) is 16.7 Å². The fourth-order valence-electron chi connectivity index (χ4n) is 3.95. The van der Waals surface area contributed by atoms with E-state index in [1.54, 1.807) is 18.3 Å². The smallest absolute Gasteiger partial charge is 0.394 e. The van der Waals surface area contributed by atoms with Gasteiger partial charge in [0.25, 0.3) is 0 Å². The van der Waals surface area contributed by atoms with Crippen LogP contribution in [0.1, 0.15) is 29.7 Å². The molecule has 8 heteroatoms. The van der Waals surface area contributed by atoms with Crippen molar-refractivity contribution in [3.8, 4) is 22.3 Å². The van der Waals surface area contributed by atoms with Gasteiger partial charge in [0, 0.05) is 22.9 Å². The van der Waals surface area contributed by atoms with Crippen LogP contribution in [-0.4, -0.2) is 37.9 Å². The monoisotopic (exact) mass is 404 g/mol. The Bertz CT molecular complexity index is 1080. The van der Waals surface area contributed by atoms with Gasteiger partial charge < -0.3 is 15.3 Å². The Morgan fingerprint density at radius 1 is 1.14 bits per heavy atom. The Labute approximate surface area is 164 Å². The van der Waals surface area contributed by atoms with Gasteiger partial charge in [0.1, 0.15) is 0 Å². The number of benzene rings is 2. The molecular weight excluding hydrogens is 385 g/mol. The van der Waals surface area contributed by atoms with Gasteiger partial charge in [-0.3, -0.25) is 4.68 Å². The van der Waals surface area contributed by atoms with Crippen LogP contribution in [0, 0.1) is 0 Å². The fourth-order valence-corrected chi connectivity index (χ4v) is 3.95.